The van der Waals surface area contributed by atoms with Crippen molar-refractivity contribution in [2.24, 2.45) is 0 Å². The number of benzene rings is 1. The molecule has 0 saturated carbocycles. The maximum Gasteiger partial charge on any atom is 0.258 e. The first-order valence-corrected chi connectivity index (χ1v) is 5.52. The summed E-state index contributed by atoms with van der Waals surface area (Å²) in [4.78, 5) is 21.8. The van der Waals surface area contributed by atoms with Crippen molar-refractivity contribution in [2.45, 2.75) is 6.42 Å². The van der Waals surface area contributed by atoms with Crippen molar-refractivity contribution in [3.05, 3.63) is 23.8 Å². The van der Waals surface area contributed by atoms with E-state index in [1.807, 2.05) is 0 Å². The van der Waals surface area contributed by atoms with Crippen LogP contribution in [0.15, 0.2) is 18.2 Å². The van der Waals surface area contributed by atoms with Crippen molar-refractivity contribution in [3.63, 3.8) is 0 Å². The van der Waals surface area contributed by atoms with Gasteiger partial charge < -0.3 is 20.5 Å². The van der Waals surface area contributed by atoms with Crippen LogP contribution in [-0.2, 0) is 4.79 Å². The number of methoxy groups -OCH3 is 1. The quantitative estimate of drug-likeness (QED) is 0.480. The number of hydrogen-bond acceptors (Lipinski definition) is 4. The maximum atomic E-state index is 11.8. The minimum absolute atomic E-state index is 0.114. The highest BCUT2D eigenvalue weighted by Gasteiger charge is 2.16. The Morgan fingerprint density at radius 2 is 2.22 bits per heavy atom. The number of aromatic hydroxyl groups is 1. The Bertz CT molecular complexity index is 421. The van der Waals surface area contributed by atoms with Gasteiger partial charge in [0, 0.05) is 13.1 Å². The third kappa shape index (κ3) is 3.65. The van der Waals surface area contributed by atoms with E-state index in [4.69, 9.17) is 4.74 Å². The number of nitrogens with one attached hydrogen (secondary N) is 2. The molecule has 6 heteroatoms. The molecule has 0 heterocycles. The Morgan fingerprint density at radius 3 is 2.89 bits per heavy atom. The van der Waals surface area contributed by atoms with E-state index >= 15 is 0 Å². The molecule has 6 nitrogen and oxygen atoms in total. The highest BCUT2D eigenvalue weighted by atomic mass is 16.5. The molecule has 0 radical (unpaired) electrons. The fraction of sp³-hybridized carbons (Fsp3) is 0.333. The third-order valence-electron chi connectivity index (χ3n) is 2.32. The van der Waals surface area contributed by atoms with Gasteiger partial charge in [-0.2, -0.15) is 0 Å². The van der Waals surface area contributed by atoms with Crippen LogP contribution in [-0.4, -0.2) is 37.6 Å². The molecule has 0 aliphatic carbocycles. The first-order chi connectivity index (χ1) is 8.70. The summed E-state index contributed by atoms with van der Waals surface area (Å²) >= 11 is 0. The van der Waals surface area contributed by atoms with Crippen LogP contribution in [0.4, 0.5) is 0 Å². The van der Waals surface area contributed by atoms with Gasteiger partial charge in [0.15, 0.2) is 0 Å². The lowest BCUT2D eigenvalue weighted by atomic mass is 10.1. The lowest BCUT2D eigenvalue weighted by Gasteiger charge is -2.10. The van der Waals surface area contributed by atoms with Crippen LogP contribution in [0.25, 0.3) is 0 Å². The van der Waals surface area contributed by atoms with E-state index in [-0.39, 0.29) is 11.3 Å². The number of ether oxygens (including phenoxy) is 1. The van der Waals surface area contributed by atoms with Crippen LogP contribution in [0.1, 0.15) is 16.8 Å². The minimum Gasteiger partial charge on any atom is -0.507 e. The number of hydrogen-bond donors (Lipinski definition) is 3. The smallest absolute Gasteiger partial charge is 0.258 e. The number of amides is 2. The molecule has 1 aromatic carbocycles. The molecule has 98 valence electrons. The van der Waals surface area contributed by atoms with E-state index in [1.54, 1.807) is 12.1 Å². The van der Waals surface area contributed by atoms with Gasteiger partial charge >= 0.3 is 0 Å². The fourth-order valence-electron chi connectivity index (χ4n) is 1.46. The van der Waals surface area contributed by atoms with Gasteiger partial charge in [-0.1, -0.05) is 6.07 Å². The van der Waals surface area contributed by atoms with Crippen molar-refractivity contribution in [1.29, 1.82) is 0 Å². The Balaban J connectivity index is 2.58. The van der Waals surface area contributed by atoms with Crippen molar-refractivity contribution in [2.75, 3.05) is 20.2 Å². The number of carbonyl (C=O) groups excluding carboxylic acids is 2. The Hall–Kier alpha value is -2.24. The Morgan fingerprint density at radius 1 is 1.44 bits per heavy atom. The maximum absolute atomic E-state index is 11.8. The summed E-state index contributed by atoms with van der Waals surface area (Å²) in [7, 11) is 1.43. The molecule has 0 bridgehead atoms. The first-order valence-electron chi connectivity index (χ1n) is 5.52. The molecule has 18 heavy (non-hydrogen) atoms. The third-order valence-corrected chi connectivity index (χ3v) is 2.32. The summed E-state index contributed by atoms with van der Waals surface area (Å²) in [5, 5.41) is 14.8. The number of carbonyl (C=O) groups is 2. The normalized spacial score (nSPS) is 9.61. The van der Waals surface area contributed by atoms with E-state index in [0.29, 0.717) is 31.7 Å². The van der Waals surface area contributed by atoms with Crippen LogP contribution in [0.5, 0.6) is 11.5 Å². The second-order valence-corrected chi connectivity index (χ2v) is 3.54. The highest BCUT2D eigenvalue weighted by Crippen LogP contribution is 2.26. The zero-order chi connectivity index (χ0) is 13.4. The summed E-state index contributed by atoms with van der Waals surface area (Å²) in [5.41, 5.74) is 0.114. The number of rotatable bonds is 7. The Labute approximate surface area is 105 Å². The van der Waals surface area contributed by atoms with Crippen molar-refractivity contribution < 1.29 is 19.4 Å². The molecule has 1 aromatic rings. The van der Waals surface area contributed by atoms with E-state index in [9.17, 15) is 14.7 Å². The second-order valence-electron chi connectivity index (χ2n) is 3.54. The van der Waals surface area contributed by atoms with Crippen LogP contribution >= 0.6 is 0 Å². The van der Waals surface area contributed by atoms with Crippen molar-refractivity contribution >= 4 is 12.3 Å². The lowest BCUT2D eigenvalue weighted by molar-refractivity contribution is -0.109. The summed E-state index contributed by atoms with van der Waals surface area (Å²) in [5.74, 6) is -0.215. The topological polar surface area (TPSA) is 87.7 Å². The average molecular weight is 252 g/mol. The number of phenolic OH excluding ortho intramolecular Hbond substituents is 1. The van der Waals surface area contributed by atoms with E-state index in [1.165, 1.54) is 13.2 Å². The summed E-state index contributed by atoms with van der Waals surface area (Å²) < 4.78 is 5.01. The second kappa shape index (κ2) is 7.16. The van der Waals surface area contributed by atoms with Gasteiger partial charge in [0.2, 0.25) is 6.41 Å². The molecular formula is C12H16N2O4. The molecule has 0 aliphatic rings. The van der Waals surface area contributed by atoms with Crippen molar-refractivity contribution in [3.8, 4) is 11.5 Å². The summed E-state index contributed by atoms with van der Waals surface area (Å²) in [6.07, 6.45) is 1.22. The van der Waals surface area contributed by atoms with Gasteiger partial charge in [-0.3, -0.25) is 9.59 Å². The van der Waals surface area contributed by atoms with Gasteiger partial charge in [-0.25, -0.2) is 0 Å². The molecule has 0 spiro atoms. The molecule has 0 atom stereocenters. The molecule has 0 aliphatic heterocycles. The minimum atomic E-state index is -0.406. The molecular weight excluding hydrogens is 236 g/mol. The molecule has 0 unspecified atom stereocenters. The summed E-state index contributed by atoms with van der Waals surface area (Å²) in [6.45, 7) is 0.888. The Kier molecular flexibility index (Phi) is 5.50. The molecule has 2 amide bonds. The van der Waals surface area contributed by atoms with Gasteiger partial charge in [0.25, 0.3) is 5.91 Å². The van der Waals surface area contributed by atoms with Crippen LogP contribution < -0.4 is 15.4 Å². The predicted molar refractivity (Wildman–Crippen MR) is 65.7 cm³/mol. The van der Waals surface area contributed by atoms with Gasteiger partial charge in [-0.05, 0) is 18.6 Å². The van der Waals surface area contributed by atoms with Crippen LogP contribution in [0.3, 0.4) is 0 Å². The SMILES string of the molecule is COc1cccc(O)c1C(=O)NCCCNC=O. The zero-order valence-corrected chi connectivity index (χ0v) is 10.1. The summed E-state index contributed by atoms with van der Waals surface area (Å²) in [6, 6.07) is 4.62. The molecule has 0 saturated heterocycles. The largest absolute Gasteiger partial charge is 0.507 e. The van der Waals surface area contributed by atoms with E-state index < -0.39 is 5.91 Å². The van der Waals surface area contributed by atoms with E-state index in [0.717, 1.165) is 0 Å². The standard InChI is InChI=1S/C12H16N2O4/c1-18-10-5-2-4-9(16)11(10)12(17)14-7-3-6-13-8-15/h2,4-5,8,16H,3,6-7H2,1H3,(H,13,15)(H,14,17). The first kappa shape index (κ1) is 13.8. The number of phenols is 1. The highest BCUT2D eigenvalue weighted by molar-refractivity contribution is 5.99. The predicted octanol–water partition coefficient (Wildman–Crippen LogP) is 0.267. The molecule has 3 N–H and O–H groups in total. The molecule has 0 aromatic heterocycles. The van der Waals surface area contributed by atoms with Crippen LogP contribution in [0.2, 0.25) is 0 Å². The van der Waals surface area contributed by atoms with Gasteiger partial charge in [-0.15, -0.1) is 0 Å². The lowest BCUT2D eigenvalue weighted by Crippen LogP contribution is -2.27. The van der Waals surface area contributed by atoms with Gasteiger partial charge in [0.05, 0.1) is 7.11 Å². The molecule has 1 rings (SSSR count). The average Bonchev–Trinajstić information content (AvgIpc) is 2.37. The van der Waals surface area contributed by atoms with Crippen LogP contribution in [0, 0.1) is 0 Å². The monoisotopic (exact) mass is 252 g/mol. The zero-order valence-electron chi connectivity index (χ0n) is 10.1. The fourth-order valence-corrected chi connectivity index (χ4v) is 1.46. The molecule has 0 fully saturated rings. The van der Waals surface area contributed by atoms with E-state index in [2.05, 4.69) is 10.6 Å². The van der Waals surface area contributed by atoms with Crippen molar-refractivity contribution in [1.82, 2.24) is 10.6 Å². The van der Waals surface area contributed by atoms with Gasteiger partial charge in [0.1, 0.15) is 17.1 Å².